The van der Waals surface area contributed by atoms with Crippen LogP contribution in [0.4, 0.5) is 11.8 Å². The summed E-state index contributed by atoms with van der Waals surface area (Å²) in [4.78, 5) is 14.1. The molecule has 3 heterocycles. The van der Waals surface area contributed by atoms with Crippen molar-refractivity contribution in [1.82, 2.24) is 14.3 Å². The Morgan fingerprint density at radius 1 is 0.897 bits per heavy atom. The number of sulfonamides is 1. The van der Waals surface area contributed by atoms with Gasteiger partial charge in [0.25, 0.3) is 0 Å². The second-order valence-electron chi connectivity index (χ2n) is 7.75. The molecule has 0 spiro atoms. The molecule has 2 aliphatic rings. The zero-order chi connectivity index (χ0) is 20.4. The molecule has 0 atom stereocenters. The molecule has 0 radical (unpaired) electrons. The highest BCUT2D eigenvalue weighted by Gasteiger charge is 2.29. The number of aryl methyl sites for hydroxylation is 2. The maximum absolute atomic E-state index is 13.0. The van der Waals surface area contributed by atoms with Crippen LogP contribution in [0.1, 0.15) is 31.0 Å². The van der Waals surface area contributed by atoms with Crippen LogP contribution in [0.5, 0.6) is 0 Å². The van der Waals surface area contributed by atoms with Crippen molar-refractivity contribution in [2.24, 2.45) is 0 Å². The molecule has 1 aromatic heterocycles. The van der Waals surface area contributed by atoms with E-state index in [0.717, 1.165) is 42.5 Å². The fraction of sp³-hybridized carbons (Fsp3) is 0.524. The maximum Gasteiger partial charge on any atom is 0.243 e. The van der Waals surface area contributed by atoms with Gasteiger partial charge in [-0.05, 0) is 43.9 Å². The molecule has 0 amide bonds. The van der Waals surface area contributed by atoms with Gasteiger partial charge in [0, 0.05) is 51.0 Å². The first-order valence-corrected chi connectivity index (χ1v) is 11.9. The lowest BCUT2D eigenvalue weighted by Crippen LogP contribution is -2.49. The molecule has 2 saturated heterocycles. The van der Waals surface area contributed by atoms with Gasteiger partial charge in [0.15, 0.2) is 0 Å². The van der Waals surface area contributed by atoms with E-state index in [4.69, 9.17) is 4.98 Å². The summed E-state index contributed by atoms with van der Waals surface area (Å²) in [5.74, 6) is 1.69. The van der Waals surface area contributed by atoms with Gasteiger partial charge in [-0.3, -0.25) is 0 Å². The number of hydrogen-bond acceptors (Lipinski definition) is 6. The van der Waals surface area contributed by atoms with E-state index in [1.54, 1.807) is 16.4 Å². The lowest BCUT2D eigenvalue weighted by Gasteiger charge is -2.35. The fourth-order valence-electron chi connectivity index (χ4n) is 3.96. The Bertz CT molecular complexity index is 948. The summed E-state index contributed by atoms with van der Waals surface area (Å²) < 4.78 is 27.6. The first-order valence-electron chi connectivity index (χ1n) is 10.4. The van der Waals surface area contributed by atoms with E-state index >= 15 is 0 Å². The Morgan fingerprint density at radius 2 is 1.55 bits per heavy atom. The van der Waals surface area contributed by atoms with E-state index in [9.17, 15) is 8.42 Å². The van der Waals surface area contributed by atoms with Crippen LogP contribution in [0, 0.1) is 6.92 Å². The Hall–Kier alpha value is -2.19. The minimum atomic E-state index is -3.46. The second kappa shape index (κ2) is 8.28. The third-order valence-corrected chi connectivity index (χ3v) is 7.66. The van der Waals surface area contributed by atoms with E-state index in [0.29, 0.717) is 31.1 Å². The van der Waals surface area contributed by atoms with Gasteiger partial charge in [-0.1, -0.05) is 19.1 Å². The number of anilines is 2. The van der Waals surface area contributed by atoms with Gasteiger partial charge in [0.1, 0.15) is 5.82 Å². The van der Waals surface area contributed by atoms with E-state index in [1.807, 2.05) is 25.1 Å². The van der Waals surface area contributed by atoms with Crippen molar-refractivity contribution in [2.75, 3.05) is 49.1 Å². The second-order valence-corrected chi connectivity index (χ2v) is 9.69. The quantitative estimate of drug-likeness (QED) is 0.747. The normalized spacial score (nSPS) is 18.4. The molecule has 156 valence electrons. The molecule has 0 N–H and O–H groups in total. The first kappa shape index (κ1) is 20.1. The number of rotatable bonds is 5. The van der Waals surface area contributed by atoms with Gasteiger partial charge in [0.2, 0.25) is 16.0 Å². The van der Waals surface area contributed by atoms with E-state index in [-0.39, 0.29) is 0 Å². The van der Waals surface area contributed by atoms with E-state index < -0.39 is 10.0 Å². The lowest BCUT2D eigenvalue weighted by atomic mass is 10.2. The van der Waals surface area contributed by atoms with Crippen LogP contribution in [-0.4, -0.2) is 62.0 Å². The molecular weight excluding hydrogens is 386 g/mol. The monoisotopic (exact) mass is 415 g/mol. The van der Waals surface area contributed by atoms with Gasteiger partial charge in [-0.25, -0.2) is 13.4 Å². The van der Waals surface area contributed by atoms with Gasteiger partial charge < -0.3 is 9.80 Å². The molecule has 0 aliphatic carbocycles. The van der Waals surface area contributed by atoms with Crippen molar-refractivity contribution in [3.05, 3.63) is 41.6 Å². The topological polar surface area (TPSA) is 69.6 Å². The molecule has 1 aromatic carbocycles. The van der Waals surface area contributed by atoms with Crippen LogP contribution < -0.4 is 9.80 Å². The van der Waals surface area contributed by atoms with Crippen LogP contribution in [0.2, 0.25) is 0 Å². The number of benzene rings is 1. The van der Waals surface area contributed by atoms with Crippen LogP contribution in [0.25, 0.3) is 0 Å². The zero-order valence-corrected chi connectivity index (χ0v) is 18.0. The molecule has 0 saturated carbocycles. The van der Waals surface area contributed by atoms with Crippen molar-refractivity contribution in [2.45, 2.75) is 38.0 Å². The average molecular weight is 416 g/mol. The lowest BCUT2D eigenvalue weighted by molar-refractivity contribution is 0.383. The number of piperazine rings is 1. The molecule has 2 fully saturated rings. The SMILES string of the molecule is CCc1ccc(S(=O)(=O)N2CCN(c3cc(C)nc(N4CCCC4)n3)CC2)cc1. The maximum atomic E-state index is 13.0. The summed E-state index contributed by atoms with van der Waals surface area (Å²) in [5.41, 5.74) is 2.09. The smallest absolute Gasteiger partial charge is 0.243 e. The Kier molecular flexibility index (Phi) is 5.74. The van der Waals surface area contributed by atoms with Crippen LogP contribution in [-0.2, 0) is 16.4 Å². The predicted molar refractivity (Wildman–Crippen MR) is 115 cm³/mol. The molecule has 4 rings (SSSR count). The minimum absolute atomic E-state index is 0.373. The van der Waals surface area contributed by atoms with E-state index in [1.165, 1.54) is 12.8 Å². The van der Waals surface area contributed by atoms with Crippen LogP contribution in [0.15, 0.2) is 35.2 Å². The summed E-state index contributed by atoms with van der Waals surface area (Å²) in [5, 5.41) is 0. The number of nitrogens with zero attached hydrogens (tertiary/aromatic N) is 5. The van der Waals surface area contributed by atoms with Gasteiger partial charge in [-0.2, -0.15) is 9.29 Å². The molecule has 8 heteroatoms. The largest absolute Gasteiger partial charge is 0.354 e. The Balaban J connectivity index is 1.46. The van der Waals surface area contributed by atoms with Crippen molar-refractivity contribution in [3.8, 4) is 0 Å². The summed E-state index contributed by atoms with van der Waals surface area (Å²) in [6.45, 7) is 8.24. The summed E-state index contributed by atoms with van der Waals surface area (Å²) in [6.07, 6.45) is 3.27. The minimum Gasteiger partial charge on any atom is -0.354 e. The molecular formula is C21H29N5O2S. The highest BCUT2D eigenvalue weighted by atomic mass is 32.2. The average Bonchev–Trinajstić information content (AvgIpc) is 3.28. The zero-order valence-electron chi connectivity index (χ0n) is 17.2. The fourth-order valence-corrected chi connectivity index (χ4v) is 5.38. The van der Waals surface area contributed by atoms with E-state index in [2.05, 4.69) is 21.7 Å². The number of hydrogen-bond donors (Lipinski definition) is 0. The third kappa shape index (κ3) is 4.23. The van der Waals surface area contributed by atoms with Crippen molar-refractivity contribution < 1.29 is 8.42 Å². The van der Waals surface area contributed by atoms with Gasteiger partial charge >= 0.3 is 0 Å². The van der Waals surface area contributed by atoms with Gasteiger partial charge in [0.05, 0.1) is 4.90 Å². The van der Waals surface area contributed by atoms with Crippen molar-refractivity contribution in [3.63, 3.8) is 0 Å². The molecule has 2 aromatic rings. The molecule has 7 nitrogen and oxygen atoms in total. The van der Waals surface area contributed by atoms with Crippen LogP contribution >= 0.6 is 0 Å². The Morgan fingerprint density at radius 3 is 2.17 bits per heavy atom. The third-order valence-electron chi connectivity index (χ3n) is 5.75. The molecule has 0 unspecified atom stereocenters. The molecule has 0 bridgehead atoms. The van der Waals surface area contributed by atoms with Gasteiger partial charge in [-0.15, -0.1) is 0 Å². The summed E-state index contributed by atoms with van der Waals surface area (Å²) in [7, 11) is -3.46. The Labute approximate surface area is 173 Å². The molecule has 2 aliphatic heterocycles. The van der Waals surface area contributed by atoms with Crippen molar-refractivity contribution in [1.29, 1.82) is 0 Å². The predicted octanol–water partition coefficient (Wildman–Crippen LogP) is 2.46. The van der Waals surface area contributed by atoms with Crippen molar-refractivity contribution >= 4 is 21.8 Å². The summed E-state index contributed by atoms with van der Waals surface area (Å²) in [6, 6.07) is 9.22. The summed E-state index contributed by atoms with van der Waals surface area (Å²) >= 11 is 0. The number of aromatic nitrogens is 2. The first-order chi connectivity index (χ1) is 14.0. The highest BCUT2D eigenvalue weighted by Crippen LogP contribution is 2.24. The standard InChI is InChI=1S/C21H29N5O2S/c1-3-18-6-8-19(9-7-18)29(27,28)26-14-12-24(13-15-26)20-16-17(2)22-21(23-20)25-10-4-5-11-25/h6-9,16H,3-5,10-15H2,1-2H3. The molecule has 29 heavy (non-hydrogen) atoms. The highest BCUT2D eigenvalue weighted by molar-refractivity contribution is 7.89. The van der Waals surface area contributed by atoms with Crippen LogP contribution in [0.3, 0.4) is 0 Å².